The third kappa shape index (κ3) is 4.53. The first-order chi connectivity index (χ1) is 16.6. The molecule has 178 valence electrons. The van der Waals surface area contributed by atoms with E-state index in [-0.39, 0.29) is 34.9 Å². The van der Waals surface area contributed by atoms with Crippen LogP contribution in [0, 0.1) is 0 Å². The standard InChI is InChI=1S/C26H16F6N2O/c27-25(28,29)18-7-3-5-15(11-18)23-24(16-6-4-8-19(12-16)26(30,31)32)35-22(34-23)13-17-14-33-21-10-2-1-9-20(17)21/h1-12,14,33H,13H2. The molecule has 2 heterocycles. The zero-order valence-corrected chi connectivity index (χ0v) is 17.8. The molecule has 0 fully saturated rings. The summed E-state index contributed by atoms with van der Waals surface area (Å²) >= 11 is 0. The molecule has 3 aromatic carbocycles. The summed E-state index contributed by atoms with van der Waals surface area (Å²) in [6.45, 7) is 0. The van der Waals surface area contributed by atoms with E-state index in [1.54, 1.807) is 6.20 Å². The Labute approximate surface area is 195 Å². The SMILES string of the molecule is FC(F)(F)c1cccc(-c2nc(Cc3c[nH]c4ccccc34)oc2-c2cccc(C(F)(F)F)c2)c1. The van der Waals surface area contributed by atoms with Gasteiger partial charge in [-0.15, -0.1) is 0 Å². The summed E-state index contributed by atoms with van der Waals surface area (Å²) in [5, 5.41) is 0.909. The average Bonchev–Trinajstić information content (AvgIpc) is 3.43. The van der Waals surface area contributed by atoms with Crippen molar-refractivity contribution in [2.75, 3.05) is 0 Å². The van der Waals surface area contributed by atoms with E-state index in [0.717, 1.165) is 40.7 Å². The first kappa shape index (κ1) is 22.8. The maximum Gasteiger partial charge on any atom is 0.416 e. The van der Waals surface area contributed by atoms with Crippen molar-refractivity contribution in [2.45, 2.75) is 18.8 Å². The number of aromatic amines is 1. The highest BCUT2D eigenvalue weighted by molar-refractivity contribution is 5.83. The highest BCUT2D eigenvalue weighted by Gasteiger charge is 2.32. The number of para-hydroxylation sites is 1. The molecule has 0 aliphatic carbocycles. The maximum absolute atomic E-state index is 13.3. The molecule has 2 aromatic heterocycles. The number of aromatic nitrogens is 2. The van der Waals surface area contributed by atoms with E-state index in [2.05, 4.69) is 9.97 Å². The third-order valence-electron chi connectivity index (χ3n) is 5.60. The Hall–Kier alpha value is -4.01. The van der Waals surface area contributed by atoms with Crippen LogP contribution < -0.4 is 0 Å². The number of halogens is 6. The van der Waals surface area contributed by atoms with Crippen LogP contribution in [0.4, 0.5) is 26.3 Å². The van der Waals surface area contributed by atoms with Gasteiger partial charge in [-0.3, -0.25) is 0 Å². The van der Waals surface area contributed by atoms with Gasteiger partial charge in [0, 0.05) is 28.2 Å². The summed E-state index contributed by atoms with van der Waals surface area (Å²) in [7, 11) is 0. The van der Waals surface area contributed by atoms with Crippen molar-refractivity contribution < 1.29 is 30.8 Å². The number of alkyl halides is 6. The van der Waals surface area contributed by atoms with Crippen LogP contribution in [0.25, 0.3) is 33.5 Å². The van der Waals surface area contributed by atoms with Gasteiger partial charge in [0.25, 0.3) is 0 Å². The Morgan fingerprint density at radius 1 is 0.743 bits per heavy atom. The van der Waals surface area contributed by atoms with Gasteiger partial charge < -0.3 is 9.40 Å². The lowest BCUT2D eigenvalue weighted by atomic mass is 10.0. The number of rotatable bonds is 4. The highest BCUT2D eigenvalue weighted by atomic mass is 19.4. The zero-order valence-electron chi connectivity index (χ0n) is 17.8. The minimum absolute atomic E-state index is 0.0327. The van der Waals surface area contributed by atoms with Gasteiger partial charge in [0.2, 0.25) is 0 Å². The van der Waals surface area contributed by atoms with Crippen molar-refractivity contribution in [2.24, 2.45) is 0 Å². The molecular weight excluding hydrogens is 470 g/mol. The Bertz CT molecular complexity index is 1440. The van der Waals surface area contributed by atoms with E-state index in [4.69, 9.17) is 4.42 Å². The predicted octanol–water partition coefficient (Wildman–Crippen LogP) is 8.12. The number of oxazole rings is 1. The van der Waals surface area contributed by atoms with Crippen LogP contribution >= 0.6 is 0 Å². The van der Waals surface area contributed by atoms with E-state index in [0.29, 0.717) is 0 Å². The van der Waals surface area contributed by atoms with Gasteiger partial charge in [0.1, 0.15) is 5.69 Å². The summed E-state index contributed by atoms with van der Waals surface area (Å²) in [4.78, 5) is 7.55. The molecule has 0 saturated heterocycles. The van der Waals surface area contributed by atoms with Crippen molar-refractivity contribution in [3.05, 3.63) is 102 Å². The van der Waals surface area contributed by atoms with Gasteiger partial charge in [0.05, 0.1) is 17.5 Å². The fourth-order valence-electron chi connectivity index (χ4n) is 3.95. The molecule has 0 radical (unpaired) electrons. The molecule has 35 heavy (non-hydrogen) atoms. The van der Waals surface area contributed by atoms with Crippen molar-refractivity contribution in [1.29, 1.82) is 0 Å². The molecule has 0 bridgehead atoms. The number of hydrogen-bond donors (Lipinski definition) is 1. The molecule has 0 atom stereocenters. The van der Waals surface area contributed by atoms with Crippen LogP contribution in [0.1, 0.15) is 22.6 Å². The molecule has 5 rings (SSSR count). The van der Waals surface area contributed by atoms with Gasteiger partial charge in [-0.05, 0) is 35.9 Å². The fourth-order valence-corrected chi connectivity index (χ4v) is 3.95. The summed E-state index contributed by atoms with van der Waals surface area (Å²) in [6.07, 6.45) is -7.24. The van der Waals surface area contributed by atoms with Crippen LogP contribution in [0.15, 0.2) is 83.4 Å². The lowest BCUT2D eigenvalue weighted by Gasteiger charge is -2.10. The van der Waals surface area contributed by atoms with E-state index in [1.807, 2.05) is 24.3 Å². The lowest BCUT2D eigenvalue weighted by Crippen LogP contribution is -2.05. The Kier molecular flexibility index (Phi) is 5.42. The number of fused-ring (bicyclic) bond motifs is 1. The molecule has 5 aromatic rings. The lowest BCUT2D eigenvalue weighted by molar-refractivity contribution is -0.138. The monoisotopic (exact) mass is 486 g/mol. The van der Waals surface area contributed by atoms with Crippen LogP contribution in [0.3, 0.4) is 0 Å². The molecule has 0 aliphatic rings. The van der Waals surface area contributed by atoms with Gasteiger partial charge in [-0.25, -0.2) is 4.98 Å². The first-order valence-electron chi connectivity index (χ1n) is 10.5. The van der Waals surface area contributed by atoms with Crippen LogP contribution in [-0.4, -0.2) is 9.97 Å². The largest absolute Gasteiger partial charge is 0.440 e. The Morgan fingerprint density at radius 3 is 2.06 bits per heavy atom. The van der Waals surface area contributed by atoms with Gasteiger partial charge in [-0.1, -0.05) is 42.5 Å². The topological polar surface area (TPSA) is 41.8 Å². The molecule has 3 nitrogen and oxygen atoms in total. The molecule has 0 amide bonds. The first-order valence-corrected chi connectivity index (χ1v) is 10.5. The number of benzene rings is 3. The minimum atomic E-state index is -4.60. The molecule has 1 N–H and O–H groups in total. The third-order valence-corrected chi connectivity index (χ3v) is 5.60. The van der Waals surface area contributed by atoms with Crippen LogP contribution in [-0.2, 0) is 18.8 Å². The fraction of sp³-hybridized carbons (Fsp3) is 0.115. The second-order valence-corrected chi connectivity index (χ2v) is 7.98. The number of nitrogens with zero attached hydrogens (tertiary/aromatic N) is 1. The van der Waals surface area contributed by atoms with Crippen molar-refractivity contribution in [3.8, 4) is 22.6 Å². The normalized spacial score (nSPS) is 12.4. The summed E-state index contributed by atoms with van der Waals surface area (Å²) < 4.78 is 85.8. The smallest absolute Gasteiger partial charge is 0.416 e. The van der Waals surface area contributed by atoms with Crippen LogP contribution in [0.5, 0.6) is 0 Å². The molecule has 9 heteroatoms. The number of hydrogen-bond acceptors (Lipinski definition) is 2. The van der Waals surface area contributed by atoms with Crippen molar-refractivity contribution in [3.63, 3.8) is 0 Å². The Morgan fingerprint density at radius 2 is 1.37 bits per heavy atom. The second kappa shape index (κ2) is 8.33. The molecule has 0 saturated carbocycles. The van der Waals surface area contributed by atoms with E-state index in [9.17, 15) is 26.3 Å². The molecule has 0 spiro atoms. The second-order valence-electron chi connectivity index (χ2n) is 7.98. The molecule has 0 unspecified atom stereocenters. The van der Waals surface area contributed by atoms with Crippen molar-refractivity contribution >= 4 is 10.9 Å². The van der Waals surface area contributed by atoms with Crippen LogP contribution in [0.2, 0.25) is 0 Å². The summed E-state index contributed by atoms with van der Waals surface area (Å²) in [5.41, 5.74) is 0.0837. The zero-order chi connectivity index (χ0) is 24.8. The molecule has 0 aliphatic heterocycles. The van der Waals surface area contributed by atoms with E-state index < -0.39 is 23.5 Å². The molecular formula is C26H16F6N2O. The maximum atomic E-state index is 13.3. The van der Waals surface area contributed by atoms with E-state index in [1.165, 1.54) is 24.3 Å². The minimum Gasteiger partial charge on any atom is -0.440 e. The van der Waals surface area contributed by atoms with E-state index >= 15 is 0 Å². The summed E-state index contributed by atoms with van der Waals surface area (Å²) in [6, 6.07) is 16.4. The highest BCUT2D eigenvalue weighted by Crippen LogP contribution is 2.39. The Balaban J connectivity index is 1.64. The van der Waals surface area contributed by atoms with Gasteiger partial charge >= 0.3 is 12.4 Å². The van der Waals surface area contributed by atoms with Crippen molar-refractivity contribution in [1.82, 2.24) is 9.97 Å². The van der Waals surface area contributed by atoms with Gasteiger partial charge in [0.15, 0.2) is 11.7 Å². The van der Waals surface area contributed by atoms with Gasteiger partial charge in [-0.2, -0.15) is 26.3 Å². The average molecular weight is 486 g/mol. The number of H-pyrrole nitrogens is 1. The number of nitrogens with one attached hydrogen (secondary N) is 1. The predicted molar refractivity (Wildman–Crippen MR) is 118 cm³/mol. The quantitative estimate of drug-likeness (QED) is 0.261. The summed E-state index contributed by atoms with van der Waals surface area (Å²) in [5.74, 6) is 0.125.